The van der Waals surface area contributed by atoms with Gasteiger partial charge >= 0.3 is 0 Å². The fourth-order valence-electron chi connectivity index (χ4n) is 2.61. The lowest BCUT2D eigenvalue weighted by atomic mass is 9.90. The van der Waals surface area contributed by atoms with Gasteiger partial charge in [0.1, 0.15) is 11.8 Å². The largest absolute Gasteiger partial charge is 0.493 e. The number of ether oxygens (including phenoxy) is 1. The molecule has 18 heavy (non-hydrogen) atoms. The molecule has 0 bridgehead atoms. The highest BCUT2D eigenvalue weighted by atomic mass is 16.5. The number of hydrogen-bond acceptors (Lipinski definition) is 4. The van der Waals surface area contributed by atoms with Crippen molar-refractivity contribution in [1.29, 1.82) is 0 Å². The lowest BCUT2D eigenvalue weighted by molar-refractivity contribution is 0.0780. The maximum atomic E-state index is 10.6. The molecule has 2 rings (SSSR count). The highest BCUT2D eigenvalue weighted by Crippen LogP contribution is 2.34. The molecule has 0 aliphatic carbocycles. The predicted molar refractivity (Wildman–Crippen MR) is 69.6 cm³/mol. The van der Waals surface area contributed by atoms with Crippen molar-refractivity contribution in [3.63, 3.8) is 0 Å². The van der Waals surface area contributed by atoms with E-state index >= 15 is 0 Å². The molecule has 102 valence electrons. The van der Waals surface area contributed by atoms with Crippen LogP contribution in [0, 0.1) is 5.92 Å². The molecule has 1 aliphatic heterocycles. The Morgan fingerprint density at radius 1 is 1.56 bits per heavy atom. The van der Waals surface area contributed by atoms with Crippen molar-refractivity contribution in [2.45, 2.75) is 38.8 Å². The Morgan fingerprint density at radius 3 is 2.89 bits per heavy atom. The number of methoxy groups -OCH3 is 1. The van der Waals surface area contributed by atoms with E-state index in [0.29, 0.717) is 11.7 Å². The lowest BCUT2D eigenvalue weighted by Gasteiger charge is -2.28. The van der Waals surface area contributed by atoms with Crippen LogP contribution < -0.4 is 10.1 Å². The predicted octanol–water partition coefficient (Wildman–Crippen LogP) is 1.33. The minimum Gasteiger partial charge on any atom is -0.493 e. The van der Waals surface area contributed by atoms with Gasteiger partial charge in [0.2, 0.25) is 0 Å². The molecule has 0 saturated carbocycles. The summed E-state index contributed by atoms with van der Waals surface area (Å²) in [6.07, 6.45) is 4.23. The molecule has 1 fully saturated rings. The van der Waals surface area contributed by atoms with E-state index in [1.807, 2.05) is 4.68 Å². The summed E-state index contributed by atoms with van der Waals surface area (Å²) in [4.78, 5) is 0. The van der Waals surface area contributed by atoms with Crippen LogP contribution in [0.3, 0.4) is 0 Å². The Morgan fingerprint density at radius 2 is 2.28 bits per heavy atom. The van der Waals surface area contributed by atoms with Crippen LogP contribution in [0.2, 0.25) is 0 Å². The number of aryl methyl sites for hydroxylation is 1. The third kappa shape index (κ3) is 2.67. The van der Waals surface area contributed by atoms with Crippen LogP contribution in [0.5, 0.6) is 5.75 Å². The summed E-state index contributed by atoms with van der Waals surface area (Å²) in [6.45, 7) is 4.88. The minimum atomic E-state index is -0.476. The second-order valence-electron chi connectivity index (χ2n) is 4.85. The molecular formula is C13H23N3O2. The van der Waals surface area contributed by atoms with Gasteiger partial charge < -0.3 is 15.2 Å². The van der Waals surface area contributed by atoms with Crippen LogP contribution in [0.4, 0.5) is 0 Å². The van der Waals surface area contributed by atoms with Gasteiger partial charge in [-0.15, -0.1) is 0 Å². The number of aliphatic hydroxyl groups is 1. The molecule has 5 nitrogen and oxygen atoms in total. The maximum Gasteiger partial charge on any atom is 0.162 e. The van der Waals surface area contributed by atoms with Crippen molar-refractivity contribution in [3.8, 4) is 5.75 Å². The average Bonchev–Trinajstić information content (AvgIpc) is 2.82. The smallest absolute Gasteiger partial charge is 0.162 e. The number of aromatic nitrogens is 2. The van der Waals surface area contributed by atoms with E-state index in [9.17, 15) is 5.11 Å². The number of nitrogens with one attached hydrogen (secondary N) is 1. The van der Waals surface area contributed by atoms with E-state index in [1.165, 1.54) is 0 Å². The molecule has 0 spiro atoms. The molecule has 1 aromatic heterocycles. The fraction of sp³-hybridized carbons (Fsp3) is 0.769. The van der Waals surface area contributed by atoms with Gasteiger partial charge in [0.15, 0.2) is 5.75 Å². The summed E-state index contributed by atoms with van der Waals surface area (Å²) in [7, 11) is 1.63. The monoisotopic (exact) mass is 253 g/mol. The molecule has 2 N–H and O–H groups in total. The summed E-state index contributed by atoms with van der Waals surface area (Å²) >= 11 is 0. The quantitative estimate of drug-likeness (QED) is 0.831. The standard InChI is InChI=1S/C13H23N3O2/c1-3-8-16-12(11(18-2)9-15-16)13(17)10-4-6-14-7-5-10/h9-10,13-14,17H,3-8H2,1-2H3. The first-order valence-corrected chi connectivity index (χ1v) is 6.76. The van der Waals surface area contributed by atoms with Crippen LogP contribution in [0.15, 0.2) is 6.20 Å². The second kappa shape index (κ2) is 6.20. The second-order valence-corrected chi connectivity index (χ2v) is 4.85. The zero-order chi connectivity index (χ0) is 13.0. The third-order valence-corrected chi connectivity index (χ3v) is 3.61. The van der Waals surface area contributed by atoms with Gasteiger partial charge in [0.05, 0.1) is 13.3 Å². The summed E-state index contributed by atoms with van der Waals surface area (Å²) in [5.41, 5.74) is 0.839. The molecule has 1 aliphatic rings. The van der Waals surface area contributed by atoms with E-state index < -0.39 is 6.10 Å². The van der Waals surface area contributed by atoms with Crippen molar-refractivity contribution in [1.82, 2.24) is 15.1 Å². The molecule has 1 saturated heterocycles. The van der Waals surface area contributed by atoms with Gasteiger partial charge in [0, 0.05) is 6.54 Å². The Bertz CT molecular complexity index is 372. The van der Waals surface area contributed by atoms with Crippen molar-refractivity contribution < 1.29 is 9.84 Å². The normalized spacial score (nSPS) is 18.8. The molecular weight excluding hydrogens is 230 g/mol. The Balaban J connectivity index is 2.20. The van der Waals surface area contributed by atoms with E-state index in [1.54, 1.807) is 13.3 Å². The summed E-state index contributed by atoms with van der Waals surface area (Å²) in [6, 6.07) is 0. The molecule has 5 heteroatoms. The van der Waals surface area contributed by atoms with Gasteiger partial charge in [-0.25, -0.2) is 0 Å². The minimum absolute atomic E-state index is 0.299. The van der Waals surface area contributed by atoms with Crippen LogP contribution in [-0.4, -0.2) is 35.1 Å². The molecule has 1 aromatic rings. The molecule has 0 radical (unpaired) electrons. The van der Waals surface area contributed by atoms with Crippen molar-refractivity contribution in [3.05, 3.63) is 11.9 Å². The number of aliphatic hydroxyl groups excluding tert-OH is 1. The molecule has 0 aromatic carbocycles. The Labute approximate surface area is 108 Å². The molecule has 1 atom stereocenters. The van der Waals surface area contributed by atoms with Crippen molar-refractivity contribution in [2.75, 3.05) is 20.2 Å². The average molecular weight is 253 g/mol. The van der Waals surface area contributed by atoms with E-state index in [-0.39, 0.29) is 0 Å². The highest BCUT2D eigenvalue weighted by molar-refractivity contribution is 5.27. The molecule has 1 unspecified atom stereocenters. The third-order valence-electron chi connectivity index (χ3n) is 3.61. The Kier molecular flexibility index (Phi) is 4.60. The fourth-order valence-corrected chi connectivity index (χ4v) is 2.61. The molecule has 2 heterocycles. The van der Waals surface area contributed by atoms with Crippen LogP contribution >= 0.6 is 0 Å². The number of piperidine rings is 1. The first-order chi connectivity index (χ1) is 8.77. The van der Waals surface area contributed by atoms with Gasteiger partial charge in [0.25, 0.3) is 0 Å². The highest BCUT2D eigenvalue weighted by Gasteiger charge is 2.28. The Hall–Kier alpha value is -1.07. The van der Waals surface area contributed by atoms with Crippen LogP contribution in [0.1, 0.15) is 38.0 Å². The first-order valence-electron chi connectivity index (χ1n) is 6.76. The van der Waals surface area contributed by atoms with E-state index in [0.717, 1.165) is 44.6 Å². The summed E-state index contributed by atoms with van der Waals surface area (Å²) in [5.74, 6) is 1.00. The van der Waals surface area contributed by atoms with Crippen LogP contribution in [-0.2, 0) is 6.54 Å². The van der Waals surface area contributed by atoms with E-state index in [2.05, 4.69) is 17.3 Å². The lowest BCUT2D eigenvalue weighted by Crippen LogP contribution is -2.31. The zero-order valence-corrected chi connectivity index (χ0v) is 11.2. The van der Waals surface area contributed by atoms with Crippen molar-refractivity contribution >= 4 is 0 Å². The van der Waals surface area contributed by atoms with Gasteiger partial charge in [-0.2, -0.15) is 5.10 Å². The zero-order valence-electron chi connectivity index (χ0n) is 11.2. The SMILES string of the molecule is CCCn1ncc(OC)c1C(O)C1CCNCC1. The van der Waals surface area contributed by atoms with Gasteiger partial charge in [-0.3, -0.25) is 4.68 Å². The van der Waals surface area contributed by atoms with E-state index in [4.69, 9.17) is 4.74 Å². The number of nitrogens with zero attached hydrogens (tertiary/aromatic N) is 2. The topological polar surface area (TPSA) is 59.3 Å². The van der Waals surface area contributed by atoms with Gasteiger partial charge in [-0.1, -0.05) is 6.92 Å². The first kappa shape index (κ1) is 13.4. The maximum absolute atomic E-state index is 10.6. The summed E-state index contributed by atoms with van der Waals surface area (Å²) in [5, 5.41) is 18.2. The number of rotatable bonds is 5. The van der Waals surface area contributed by atoms with Crippen LogP contribution in [0.25, 0.3) is 0 Å². The molecule has 0 amide bonds. The number of hydrogen-bond donors (Lipinski definition) is 2. The van der Waals surface area contributed by atoms with Crippen molar-refractivity contribution in [2.24, 2.45) is 5.92 Å². The summed E-state index contributed by atoms with van der Waals surface area (Å²) < 4.78 is 7.21. The van der Waals surface area contributed by atoms with Gasteiger partial charge in [-0.05, 0) is 38.3 Å².